The van der Waals surface area contributed by atoms with E-state index in [0.29, 0.717) is 12.2 Å². The fourth-order valence-electron chi connectivity index (χ4n) is 2.91. The van der Waals surface area contributed by atoms with E-state index in [9.17, 15) is 14.5 Å². The molecule has 1 N–H and O–H groups in total. The minimum atomic E-state index is -3.85. The molecule has 0 fully saturated rings. The average Bonchev–Trinajstić information content (AvgIpc) is 3.13. The van der Waals surface area contributed by atoms with Gasteiger partial charge in [0.05, 0.1) is 19.6 Å². The third-order valence-electron chi connectivity index (χ3n) is 4.37. The van der Waals surface area contributed by atoms with Crippen molar-refractivity contribution in [2.45, 2.75) is 58.5 Å². The highest BCUT2D eigenvalue weighted by molar-refractivity contribution is 7.55. The lowest BCUT2D eigenvalue weighted by atomic mass is 10.0. The van der Waals surface area contributed by atoms with Crippen molar-refractivity contribution >= 4 is 13.6 Å². The predicted octanol–water partition coefficient (Wildman–Crippen LogP) is 4.26. The minimum Gasteiger partial charge on any atom is -0.481 e. The maximum atomic E-state index is 12.8. The van der Waals surface area contributed by atoms with E-state index in [1.54, 1.807) is 13.8 Å². The molecule has 0 saturated carbocycles. The average molecular weight is 424 g/mol. The first-order chi connectivity index (χ1) is 13.9. The van der Waals surface area contributed by atoms with Crippen LogP contribution in [0.3, 0.4) is 0 Å². The van der Waals surface area contributed by atoms with Gasteiger partial charge in [-0.3, -0.25) is 9.36 Å². The van der Waals surface area contributed by atoms with Gasteiger partial charge in [0.2, 0.25) is 5.89 Å². The summed E-state index contributed by atoms with van der Waals surface area (Å²) in [5.74, 6) is -0.766. The molecule has 0 aliphatic carbocycles. The van der Waals surface area contributed by atoms with Gasteiger partial charge in [0.1, 0.15) is 0 Å². The summed E-state index contributed by atoms with van der Waals surface area (Å²) in [6.45, 7) is 5.57. The summed E-state index contributed by atoms with van der Waals surface area (Å²) in [6.07, 6.45) is 3.61. The van der Waals surface area contributed by atoms with Crippen LogP contribution in [0.15, 0.2) is 28.8 Å². The Morgan fingerprint density at radius 1 is 1.14 bits per heavy atom. The Balaban J connectivity index is 2.07. The smallest absolute Gasteiger partial charge is 0.345 e. The molecule has 2 rings (SSSR count). The lowest BCUT2D eigenvalue weighted by molar-refractivity contribution is -0.137. The number of hydrogen-bond donors (Lipinski definition) is 1. The molecule has 160 valence electrons. The number of benzene rings is 1. The lowest BCUT2D eigenvalue weighted by Gasteiger charge is -2.22. The highest BCUT2D eigenvalue weighted by Gasteiger charge is 2.42. The first kappa shape index (κ1) is 23.3. The molecule has 1 atom stereocenters. The van der Waals surface area contributed by atoms with Gasteiger partial charge in [0, 0.05) is 6.42 Å². The maximum absolute atomic E-state index is 12.8. The highest BCUT2D eigenvalue weighted by Crippen LogP contribution is 2.54. The largest absolute Gasteiger partial charge is 0.481 e. The van der Waals surface area contributed by atoms with Gasteiger partial charge in [0.15, 0.2) is 11.5 Å². The fourth-order valence-corrected chi connectivity index (χ4v) is 4.71. The lowest BCUT2D eigenvalue weighted by Crippen LogP contribution is -2.26. The SMILES string of the molecule is CCCCc1ccc(Cc2noc(CC(C(=O)O)P(=O)(OCC)OCC)n2)cc1. The van der Waals surface area contributed by atoms with E-state index in [0.717, 1.165) is 24.8 Å². The molecule has 0 bridgehead atoms. The molecule has 1 aromatic heterocycles. The Bertz CT molecular complexity index is 811. The Hall–Kier alpha value is -2.02. The number of hydrogen-bond acceptors (Lipinski definition) is 7. The Kier molecular flexibility index (Phi) is 9.01. The van der Waals surface area contributed by atoms with Crippen LogP contribution in [0.25, 0.3) is 0 Å². The van der Waals surface area contributed by atoms with Crippen molar-refractivity contribution in [2.75, 3.05) is 13.2 Å². The van der Waals surface area contributed by atoms with Crippen LogP contribution in [-0.2, 0) is 37.7 Å². The molecule has 29 heavy (non-hydrogen) atoms. The van der Waals surface area contributed by atoms with Crippen LogP contribution in [0.4, 0.5) is 0 Å². The van der Waals surface area contributed by atoms with Crippen molar-refractivity contribution in [2.24, 2.45) is 0 Å². The van der Waals surface area contributed by atoms with Crippen LogP contribution in [-0.4, -0.2) is 40.1 Å². The van der Waals surface area contributed by atoms with Crippen molar-refractivity contribution in [1.29, 1.82) is 0 Å². The molecule has 0 amide bonds. The molecule has 0 radical (unpaired) electrons. The van der Waals surface area contributed by atoms with E-state index in [-0.39, 0.29) is 25.5 Å². The van der Waals surface area contributed by atoms with E-state index < -0.39 is 19.2 Å². The maximum Gasteiger partial charge on any atom is 0.345 e. The Labute approximate surface area is 171 Å². The van der Waals surface area contributed by atoms with Gasteiger partial charge < -0.3 is 18.7 Å². The van der Waals surface area contributed by atoms with E-state index in [1.807, 2.05) is 12.1 Å². The van der Waals surface area contributed by atoms with E-state index >= 15 is 0 Å². The zero-order chi connectivity index (χ0) is 21.3. The molecular weight excluding hydrogens is 395 g/mol. The third-order valence-corrected chi connectivity index (χ3v) is 6.77. The van der Waals surface area contributed by atoms with Crippen molar-refractivity contribution in [3.63, 3.8) is 0 Å². The van der Waals surface area contributed by atoms with E-state index in [2.05, 4.69) is 29.2 Å². The second-order valence-corrected chi connectivity index (χ2v) is 8.85. The second-order valence-electron chi connectivity index (χ2n) is 6.63. The molecule has 0 spiro atoms. The molecule has 1 unspecified atom stereocenters. The molecular formula is C20H29N2O6P. The van der Waals surface area contributed by atoms with Crippen LogP contribution in [0.2, 0.25) is 0 Å². The van der Waals surface area contributed by atoms with Crippen LogP contribution in [0.1, 0.15) is 56.5 Å². The zero-order valence-electron chi connectivity index (χ0n) is 17.2. The summed E-state index contributed by atoms with van der Waals surface area (Å²) >= 11 is 0. The third kappa shape index (κ3) is 6.77. The van der Waals surface area contributed by atoms with Crippen LogP contribution >= 0.6 is 7.60 Å². The number of carbonyl (C=O) groups is 1. The molecule has 9 heteroatoms. The van der Waals surface area contributed by atoms with Crippen LogP contribution in [0.5, 0.6) is 0 Å². The number of rotatable bonds is 13. The molecule has 8 nitrogen and oxygen atoms in total. The summed E-state index contributed by atoms with van der Waals surface area (Å²) in [7, 11) is -3.85. The van der Waals surface area contributed by atoms with Gasteiger partial charge in [0.25, 0.3) is 0 Å². The fraction of sp³-hybridized carbons (Fsp3) is 0.550. The molecule has 0 aliphatic heterocycles. The minimum absolute atomic E-state index is 0.0738. The zero-order valence-corrected chi connectivity index (χ0v) is 18.1. The monoisotopic (exact) mass is 424 g/mol. The first-order valence-corrected chi connectivity index (χ1v) is 11.5. The van der Waals surface area contributed by atoms with Gasteiger partial charge in [-0.25, -0.2) is 0 Å². The first-order valence-electron chi connectivity index (χ1n) is 9.92. The van der Waals surface area contributed by atoms with Crippen molar-refractivity contribution in [3.05, 3.63) is 47.1 Å². The van der Waals surface area contributed by atoms with E-state index in [1.165, 1.54) is 5.56 Å². The number of carboxylic acid groups (broad SMARTS) is 1. The molecule has 1 aromatic carbocycles. The summed E-state index contributed by atoms with van der Waals surface area (Å²) in [5, 5.41) is 13.5. The van der Waals surface area contributed by atoms with Gasteiger partial charge in [-0.05, 0) is 37.8 Å². The van der Waals surface area contributed by atoms with Crippen molar-refractivity contribution < 1.29 is 28.0 Å². The number of nitrogens with zero attached hydrogens (tertiary/aromatic N) is 2. The number of aromatic nitrogens is 2. The molecule has 0 saturated heterocycles. The summed E-state index contributed by atoms with van der Waals surface area (Å²) in [6, 6.07) is 8.23. The summed E-state index contributed by atoms with van der Waals surface area (Å²) < 4.78 is 28.4. The van der Waals surface area contributed by atoms with E-state index in [4.69, 9.17) is 13.6 Å². The molecule has 1 heterocycles. The van der Waals surface area contributed by atoms with Gasteiger partial charge in [-0.2, -0.15) is 4.98 Å². The number of unbranched alkanes of at least 4 members (excludes halogenated alkanes) is 1. The van der Waals surface area contributed by atoms with Crippen LogP contribution in [0, 0.1) is 0 Å². The Morgan fingerprint density at radius 3 is 2.31 bits per heavy atom. The second kappa shape index (κ2) is 11.2. The van der Waals surface area contributed by atoms with Gasteiger partial charge in [-0.1, -0.05) is 42.8 Å². The van der Waals surface area contributed by atoms with Gasteiger partial charge in [-0.15, -0.1) is 0 Å². The summed E-state index contributed by atoms with van der Waals surface area (Å²) in [5.41, 5.74) is 0.909. The molecule has 0 aliphatic rings. The Morgan fingerprint density at radius 2 is 1.76 bits per heavy atom. The van der Waals surface area contributed by atoms with Crippen molar-refractivity contribution in [1.82, 2.24) is 10.1 Å². The van der Waals surface area contributed by atoms with Crippen LogP contribution < -0.4 is 0 Å². The van der Waals surface area contributed by atoms with Crippen molar-refractivity contribution in [3.8, 4) is 0 Å². The standard InChI is InChI=1S/C20H29N2O6P/c1-4-7-8-15-9-11-16(12-10-15)13-18-21-19(28-22-18)14-17(20(23)24)29(25,26-5-2)27-6-3/h9-12,17H,4-8,13-14H2,1-3H3,(H,23,24). The number of carboxylic acids is 1. The number of aliphatic carboxylic acids is 1. The quantitative estimate of drug-likeness (QED) is 0.475. The number of aryl methyl sites for hydroxylation is 1. The summed E-state index contributed by atoms with van der Waals surface area (Å²) in [4.78, 5) is 15.9. The topological polar surface area (TPSA) is 112 Å². The normalized spacial score (nSPS) is 12.8. The molecule has 2 aromatic rings. The highest BCUT2D eigenvalue weighted by atomic mass is 31.2. The van der Waals surface area contributed by atoms with Gasteiger partial charge >= 0.3 is 13.6 Å². The predicted molar refractivity (Wildman–Crippen MR) is 108 cm³/mol.